The van der Waals surface area contributed by atoms with Gasteiger partial charge in [-0.3, -0.25) is 0 Å². The van der Waals surface area contributed by atoms with Crippen molar-refractivity contribution in [2.45, 2.75) is 33.6 Å². The van der Waals surface area contributed by atoms with E-state index >= 15 is 0 Å². The van der Waals surface area contributed by atoms with Crippen LogP contribution in [-0.2, 0) is 0 Å². The molecule has 0 atom stereocenters. The third-order valence-corrected chi connectivity index (χ3v) is 5.34. The van der Waals surface area contributed by atoms with Crippen molar-refractivity contribution >= 4 is 39.0 Å². The van der Waals surface area contributed by atoms with Crippen molar-refractivity contribution in [3.8, 4) is 0 Å². The Bertz CT molecular complexity index is 615. The van der Waals surface area contributed by atoms with Crippen LogP contribution in [0.1, 0.15) is 30.2 Å². The first-order valence-electron chi connectivity index (χ1n) is 6.74. The molecule has 1 aliphatic rings. The fraction of sp³-hybridized carbons (Fsp3) is 0.571. The summed E-state index contributed by atoms with van der Waals surface area (Å²) in [5.41, 5.74) is 1.30. The topological polar surface area (TPSA) is 29.0 Å². The highest BCUT2D eigenvalue weighted by molar-refractivity contribution is 7.18. The molecule has 3 heterocycles. The fourth-order valence-electron chi connectivity index (χ4n) is 2.65. The van der Waals surface area contributed by atoms with Gasteiger partial charge in [0.2, 0.25) is 5.28 Å². The second kappa shape index (κ2) is 4.91. The monoisotopic (exact) mass is 295 g/mol. The lowest BCUT2D eigenvalue weighted by molar-refractivity contribution is 0.437. The fourth-order valence-corrected chi connectivity index (χ4v) is 3.89. The molecule has 19 heavy (non-hydrogen) atoms. The van der Waals surface area contributed by atoms with Gasteiger partial charge in [0.25, 0.3) is 0 Å². The van der Waals surface area contributed by atoms with Gasteiger partial charge < -0.3 is 4.90 Å². The molecule has 2 aromatic rings. The molecule has 5 heteroatoms. The molecule has 0 amide bonds. The largest absolute Gasteiger partial charge is 0.356 e. The summed E-state index contributed by atoms with van der Waals surface area (Å²) in [7, 11) is 0. The summed E-state index contributed by atoms with van der Waals surface area (Å²) in [6.45, 7) is 8.74. The van der Waals surface area contributed by atoms with Gasteiger partial charge in [0, 0.05) is 18.0 Å². The smallest absolute Gasteiger partial charge is 0.225 e. The maximum absolute atomic E-state index is 6.09. The van der Waals surface area contributed by atoms with Crippen LogP contribution in [0, 0.1) is 19.8 Å². The van der Waals surface area contributed by atoms with Crippen LogP contribution in [0.4, 0.5) is 5.82 Å². The highest BCUT2D eigenvalue weighted by Gasteiger charge is 2.22. The predicted molar refractivity (Wildman–Crippen MR) is 82.5 cm³/mol. The van der Waals surface area contributed by atoms with Gasteiger partial charge in [-0.2, -0.15) is 4.98 Å². The number of hydrogen-bond acceptors (Lipinski definition) is 4. The maximum atomic E-state index is 6.09. The van der Waals surface area contributed by atoms with Crippen molar-refractivity contribution in [3.05, 3.63) is 15.7 Å². The minimum Gasteiger partial charge on any atom is -0.356 e. The van der Waals surface area contributed by atoms with Crippen molar-refractivity contribution in [3.63, 3.8) is 0 Å². The Morgan fingerprint density at radius 2 is 1.89 bits per heavy atom. The molecule has 1 fully saturated rings. The van der Waals surface area contributed by atoms with E-state index in [2.05, 4.69) is 35.6 Å². The molecular weight excluding hydrogens is 278 g/mol. The van der Waals surface area contributed by atoms with Gasteiger partial charge >= 0.3 is 0 Å². The van der Waals surface area contributed by atoms with E-state index in [4.69, 9.17) is 11.6 Å². The van der Waals surface area contributed by atoms with E-state index in [-0.39, 0.29) is 0 Å². The Hall–Kier alpha value is -0.870. The number of piperidine rings is 1. The Labute approximate surface area is 122 Å². The van der Waals surface area contributed by atoms with Crippen LogP contribution in [0.25, 0.3) is 10.2 Å². The number of thiophene rings is 1. The lowest BCUT2D eigenvalue weighted by Crippen LogP contribution is -2.33. The molecule has 2 aromatic heterocycles. The van der Waals surface area contributed by atoms with Crippen LogP contribution in [0.5, 0.6) is 0 Å². The Morgan fingerprint density at radius 1 is 1.21 bits per heavy atom. The van der Waals surface area contributed by atoms with Crippen molar-refractivity contribution in [2.24, 2.45) is 5.92 Å². The molecule has 102 valence electrons. The van der Waals surface area contributed by atoms with E-state index < -0.39 is 0 Å². The normalized spacial score (nSPS) is 17.4. The van der Waals surface area contributed by atoms with Gasteiger partial charge in [0.05, 0.1) is 5.39 Å². The van der Waals surface area contributed by atoms with E-state index in [1.807, 2.05) is 0 Å². The number of aromatic nitrogens is 2. The number of anilines is 1. The highest BCUT2D eigenvalue weighted by Crippen LogP contribution is 2.36. The maximum Gasteiger partial charge on any atom is 0.225 e. The van der Waals surface area contributed by atoms with E-state index in [1.165, 1.54) is 28.7 Å². The third-order valence-electron chi connectivity index (χ3n) is 4.07. The molecule has 3 rings (SSSR count). The average molecular weight is 296 g/mol. The summed E-state index contributed by atoms with van der Waals surface area (Å²) >= 11 is 7.80. The molecule has 0 spiro atoms. The summed E-state index contributed by atoms with van der Waals surface area (Å²) in [6.07, 6.45) is 2.45. The van der Waals surface area contributed by atoms with Crippen LogP contribution >= 0.6 is 22.9 Å². The van der Waals surface area contributed by atoms with Crippen LogP contribution in [0.15, 0.2) is 0 Å². The minimum absolute atomic E-state index is 0.363. The minimum atomic E-state index is 0.363. The number of fused-ring (bicyclic) bond motifs is 1. The number of nitrogens with zero attached hydrogens (tertiary/aromatic N) is 3. The second-order valence-electron chi connectivity index (χ2n) is 5.45. The molecular formula is C14H18ClN3S. The van der Waals surface area contributed by atoms with Gasteiger partial charge in [-0.05, 0) is 49.8 Å². The SMILES string of the molecule is Cc1sc2nc(Cl)nc(N3CCC(C)CC3)c2c1C. The molecule has 0 bridgehead atoms. The number of hydrogen-bond donors (Lipinski definition) is 0. The number of halogens is 1. The summed E-state index contributed by atoms with van der Waals surface area (Å²) in [4.78, 5) is 13.6. The van der Waals surface area contributed by atoms with E-state index in [9.17, 15) is 0 Å². The predicted octanol–water partition coefficient (Wildman–Crippen LogP) is 4.20. The first kappa shape index (κ1) is 13.1. The highest BCUT2D eigenvalue weighted by atomic mass is 35.5. The molecule has 0 radical (unpaired) electrons. The van der Waals surface area contributed by atoms with Gasteiger partial charge in [-0.15, -0.1) is 11.3 Å². The van der Waals surface area contributed by atoms with Crippen LogP contribution in [0.2, 0.25) is 5.28 Å². The molecule has 1 saturated heterocycles. The Balaban J connectivity index is 2.11. The van der Waals surface area contributed by atoms with E-state index in [0.29, 0.717) is 5.28 Å². The van der Waals surface area contributed by atoms with Crippen molar-refractivity contribution in [1.82, 2.24) is 9.97 Å². The molecule has 3 nitrogen and oxygen atoms in total. The van der Waals surface area contributed by atoms with Gasteiger partial charge in [-0.25, -0.2) is 4.98 Å². The van der Waals surface area contributed by atoms with Crippen molar-refractivity contribution in [1.29, 1.82) is 0 Å². The quantitative estimate of drug-likeness (QED) is 0.738. The summed E-state index contributed by atoms with van der Waals surface area (Å²) in [6, 6.07) is 0. The lowest BCUT2D eigenvalue weighted by atomic mass is 9.99. The Kier molecular flexibility index (Phi) is 3.39. The first-order chi connectivity index (χ1) is 9.06. The van der Waals surface area contributed by atoms with Crippen LogP contribution < -0.4 is 4.90 Å². The number of aryl methyl sites for hydroxylation is 2. The zero-order valence-electron chi connectivity index (χ0n) is 11.5. The van der Waals surface area contributed by atoms with Gasteiger partial charge in [0.15, 0.2) is 0 Å². The molecule has 1 aliphatic heterocycles. The molecule has 0 N–H and O–H groups in total. The zero-order chi connectivity index (χ0) is 13.6. The Morgan fingerprint density at radius 3 is 2.58 bits per heavy atom. The van der Waals surface area contributed by atoms with E-state index in [0.717, 1.165) is 29.7 Å². The molecule has 0 unspecified atom stereocenters. The number of rotatable bonds is 1. The lowest BCUT2D eigenvalue weighted by Gasteiger charge is -2.31. The summed E-state index contributed by atoms with van der Waals surface area (Å²) < 4.78 is 0. The van der Waals surface area contributed by atoms with E-state index in [1.54, 1.807) is 11.3 Å². The third kappa shape index (κ3) is 2.32. The van der Waals surface area contributed by atoms with Gasteiger partial charge in [-0.1, -0.05) is 6.92 Å². The molecule has 0 aromatic carbocycles. The second-order valence-corrected chi connectivity index (χ2v) is 6.99. The van der Waals surface area contributed by atoms with Crippen LogP contribution in [-0.4, -0.2) is 23.1 Å². The van der Waals surface area contributed by atoms with Crippen molar-refractivity contribution in [2.75, 3.05) is 18.0 Å². The molecule has 0 saturated carbocycles. The summed E-state index contributed by atoms with van der Waals surface area (Å²) in [5.74, 6) is 1.85. The van der Waals surface area contributed by atoms with Gasteiger partial charge in [0.1, 0.15) is 10.6 Å². The zero-order valence-corrected chi connectivity index (χ0v) is 13.1. The summed E-state index contributed by atoms with van der Waals surface area (Å²) in [5, 5.41) is 1.56. The first-order valence-corrected chi connectivity index (χ1v) is 7.94. The standard InChI is InChI=1S/C14H18ClN3S/c1-8-4-6-18(7-5-8)12-11-9(2)10(3)19-13(11)17-14(15)16-12/h8H,4-7H2,1-3H3. The average Bonchev–Trinajstić information content (AvgIpc) is 2.65. The molecule has 0 aliphatic carbocycles. The van der Waals surface area contributed by atoms with Crippen molar-refractivity contribution < 1.29 is 0 Å². The van der Waals surface area contributed by atoms with Crippen LogP contribution in [0.3, 0.4) is 0 Å².